The smallest absolute Gasteiger partial charge is 0.257 e. The molecule has 1 amide bonds. The molecular weight excluding hydrogens is 458 g/mol. The van der Waals surface area contributed by atoms with Crippen LogP contribution in [0.2, 0.25) is 0 Å². The summed E-state index contributed by atoms with van der Waals surface area (Å²) < 4.78 is 29.6. The van der Waals surface area contributed by atoms with E-state index < -0.39 is 17.3 Å². The molecule has 2 aliphatic heterocycles. The molecule has 2 aromatic carbocycles. The molecule has 36 heavy (non-hydrogen) atoms. The largest absolute Gasteiger partial charge is 0.497 e. The quantitative estimate of drug-likeness (QED) is 0.517. The van der Waals surface area contributed by atoms with Crippen LogP contribution in [-0.4, -0.2) is 52.2 Å². The number of carbonyl (C=O) groups is 1. The number of fused-ring (bicyclic) bond motifs is 1. The molecule has 0 aliphatic carbocycles. The SMILES string of the molecule is C=C(C)[C@@H]1CC[C@](C)(/C=C/c2ccc3c(c2OC)[C@@](OC)(c2ccc(OC)cc2)[C@H](OC)C(=O)N3)O1. The molecule has 2 heterocycles. The van der Waals surface area contributed by atoms with Crippen LogP contribution < -0.4 is 14.8 Å². The van der Waals surface area contributed by atoms with E-state index >= 15 is 0 Å². The Kier molecular flexibility index (Phi) is 7.27. The second-order valence-electron chi connectivity index (χ2n) is 9.52. The Balaban J connectivity index is 1.87. The number of ether oxygens (including phenoxy) is 5. The number of anilines is 1. The van der Waals surface area contributed by atoms with Gasteiger partial charge in [0, 0.05) is 19.8 Å². The third-order valence-corrected chi connectivity index (χ3v) is 7.18. The normalized spacial score (nSPS) is 27.6. The fourth-order valence-corrected chi connectivity index (χ4v) is 5.27. The van der Waals surface area contributed by atoms with Gasteiger partial charge in [-0.05, 0) is 56.5 Å². The van der Waals surface area contributed by atoms with Gasteiger partial charge in [0.1, 0.15) is 11.5 Å². The highest BCUT2D eigenvalue weighted by atomic mass is 16.5. The maximum atomic E-state index is 13.2. The van der Waals surface area contributed by atoms with Crippen LogP contribution in [0, 0.1) is 0 Å². The van der Waals surface area contributed by atoms with Gasteiger partial charge in [0.25, 0.3) is 5.91 Å². The predicted molar refractivity (Wildman–Crippen MR) is 140 cm³/mol. The molecule has 2 aromatic rings. The molecular formula is C29H35NO6. The van der Waals surface area contributed by atoms with E-state index in [1.165, 1.54) is 7.11 Å². The highest BCUT2D eigenvalue weighted by Gasteiger charge is 2.53. The summed E-state index contributed by atoms with van der Waals surface area (Å²) in [4.78, 5) is 13.2. The first-order chi connectivity index (χ1) is 17.2. The van der Waals surface area contributed by atoms with Gasteiger partial charge in [-0.2, -0.15) is 0 Å². The lowest BCUT2D eigenvalue weighted by atomic mass is 9.76. The average molecular weight is 494 g/mol. The Bertz CT molecular complexity index is 1170. The van der Waals surface area contributed by atoms with Crippen LogP contribution in [0.4, 0.5) is 5.69 Å². The molecule has 7 nitrogen and oxygen atoms in total. The zero-order chi connectivity index (χ0) is 26.1. The van der Waals surface area contributed by atoms with Gasteiger partial charge in [0.15, 0.2) is 11.7 Å². The summed E-state index contributed by atoms with van der Waals surface area (Å²) in [7, 11) is 6.30. The standard InChI is InChI=1S/C29H35NO6/c1-18(2)23-15-17-28(3,36-23)16-14-19-8-13-22-24(25(19)33-5)29(35-7,26(34-6)27(31)30-22)20-9-11-21(32-4)12-10-20/h8-14,16,23,26H,1,15,17H2,2-7H3,(H,30,31)/b16-14+/t23-,26+,28-,29-/m0/s1. The van der Waals surface area contributed by atoms with E-state index in [1.54, 1.807) is 21.3 Å². The van der Waals surface area contributed by atoms with E-state index in [0.717, 1.165) is 29.5 Å². The van der Waals surface area contributed by atoms with Crippen molar-refractivity contribution in [1.29, 1.82) is 0 Å². The van der Waals surface area contributed by atoms with E-state index in [2.05, 4.69) is 24.9 Å². The summed E-state index contributed by atoms with van der Waals surface area (Å²) in [5.41, 5.74) is 2.22. The Labute approximate surface area is 213 Å². The lowest BCUT2D eigenvalue weighted by Gasteiger charge is -2.43. The Morgan fingerprint density at radius 2 is 1.83 bits per heavy atom. The number of hydrogen-bond donors (Lipinski definition) is 1. The fraction of sp³-hybridized carbons (Fsp3) is 0.414. The summed E-state index contributed by atoms with van der Waals surface area (Å²) >= 11 is 0. The summed E-state index contributed by atoms with van der Waals surface area (Å²) in [5, 5.41) is 2.96. The third kappa shape index (κ3) is 4.32. The van der Waals surface area contributed by atoms with Crippen molar-refractivity contribution in [2.45, 2.75) is 50.1 Å². The number of benzene rings is 2. The van der Waals surface area contributed by atoms with E-state index in [4.69, 9.17) is 23.7 Å². The second-order valence-corrected chi connectivity index (χ2v) is 9.52. The topological polar surface area (TPSA) is 75.2 Å². The van der Waals surface area contributed by atoms with Crippen molar-refractivity contribution in [3.05, 3.63) is 71.3 Å². The van der Waals surface area contributed by atoms with Crippen molar-refractivity contribution in [3.8, 4) is 11.5 Å². The van der Waals surface area contributed by atoms with E-state index in [-0.39, 0.29) is 12.0 Å². The zero-order valence-electron chi connectivity index (χ0n) is 21.8. The minimum Gasteiger partial charge on any atom is -0.497 e. The van der Waals surface area contributed by atoms with Gasteiger partial charge < -0.3 is 29.0 Å². The van der Waals surface area contributed by atoms with Gasteiger partial charge in [-0.15, -0.1) is 0 Å². The third-order valence-electron chi connectivity index (χ3n) is 7.18. The Morgan fingerprint density at radius 3 is 2.39 bits per heavy atom. The zero-order valence-corrected chi connectivity index (χ0v) is 21.8. The molecule has 0 radical (unpaired) electrons. The van der Waals surface area contributed by atoms with Crippen LogP contribution in [0.1, 0.15) is 43.4 Å². The lowest BCUT2D eigenvalue weighted by molar-refractivity contribution is -0.147. The van der Waals surface area contributed by atoms with Gasteiger partial charge in [-0.3, -0.25) is 4.79 Å². The minimum absolute atomic E-state index is 0.0546. The van der Waals surface area contributed by atoms with Crippen LogP contribution in [0.3, 0.4) is 0 Å². The van der Waals surface area contributed by atoms with Gasteiger partial charge in [-0.1, -0.05) is 36.4 Å². The molecule has 0 unspecified atom stereocenters. The van der Waals surface area contributed by atoms with Crippen LogP contribution in [-0.2, 0) is 24.6 Å². The maximum absolute atomic E-state index is 13.2. The summed E-state index contributed by atoms with van der Waals surface area (Å²) in [6.07, 6.45) is 5.00. The number of nitrogens with one attached hydrogen (secondary N) is 1. The molecule has 1 saturated heterocycles. The first-order valence-corrected chi connectivity index (χ1v) is 12.0. The van der Waals surface area contributed by atoms with Gasteiger partial charge in [0.2, 0.25) is 0 Å². The van der Waals surface area contributed by atoms with Crippen molar-refractivity contribution in [1.82, 2.24) is 0 Å². The maximum Gasteiger partial charge on any atom is 0.257 e. The number of rotatable bonds is 8. The Morgan fingerprint density at radius 1 is 1.11 bits per heavy atom. The monoisotopic (exact) mass is 493 g/mol. The lowest BCUT2D eigenvalue weighted by Crippen LogP contribution is -2.54. The minimum atomic E-state index is -1.26. The molecule has 0 saturated carbocycles. The molecule has 0 spiro atoms. The van der Waals surface area contributed by atoms with Crippen molar-refractivity contribution in [2.75, 3.05) is 33.8 Å². The van der Waals surface area contributed by atoms with Crippen LogP contribution in [0.15, 0.2) is 54.6 Å². The number of carbonyl (C=O) groups excluding carboxylic acids is 1. The molecule has 0 aromatic heterocycles. The number of hydrogen-bond acceptors (Lipinski definition) is 6. The van der Waals surface area contributed by atoms with Crippen molar-refractivity contribution in [3.63, 3.8) is 0 Å². The second kappa shape index (κ2) is 10.1. The van der Waals surface area contributed by atoms with E-state index in [9.17, 15) is 4.79 Å². The summed E-state index contributed by atoms with van der Waals surface area (Å²) in [5.74, 6) is 0.980. The van der Waals surface area contributed by atoms with Crippen LogP contribution in [0.25, 0.3) is 6.08 Å². The highest BCUT2D eigenvalue weighted by molar-refractivity contribution is 6.01. The molecule has 4 atom stereocenters. The molecule has 2 aliphatic rings. The molecule has 1 fully saturated rings. The predicted octanol–water partition coefficient (Wildman–Crippen LogP) is 5.09. The summed E-state index contributed by atoms with van der Waals surface area (Å²) in [6.45, 7) is 8.12. The summed E-state index contributed by atoms with van der Waals surface area (Å²) in [6, 6.07) is 11.2. The first kappa shape index (κ1) is 25.9. The highest BCUT2D eigenvalue weighted by Crippen LogP contribution is 2.50. The first-order valence-electron chi connectivity index (χ1n) is 12.0. The van der Waals surface area contributed by atoms with Crippen molar-refractivity contribution in [2.24, 2.45) is 0 Å². The van der Waals surface area contributed by atoms with E-state index in [1.807, 2.05) is 49.4 Å². The molecule has 192 valence electrons. The molecule has 1 N–H and O–H groups in total. The van der Waals surface area contributed by atoms with Gasteiger partial charge >= 0.3 is 0 Å². The van der Waals surface area contributed by atoms with Crippen molar-refractivity contribution < 1.29 is 28.5 Å². The molecule has 4 rings (SSSR count). The molecule has 7 heteroatoms. The van der Waals surface area contributed by atoms with Crippen LogP contribution in [0.5, 0.6) is 11.5 Å². The number of amides is 1. The Hall–Kier alpha value is -3.13. The average Bonchev–Trinajstić information content (AvgIpc) is 3.29. The van der Waals surface area contributed by atoms with Gasteiger partial charge in [-0.25, -0.2) is 0 Å². The van der Waals surface area contributed by atoms with Crippen molar-refractivity contribution >= 4 is 17.7 Å². The van der Waals surface area contributed by atoms with Crippen LogP contribution >= 0.6 is 0 Å². The van der Waals surface area contributed by atoms with E-state index in [0.29, 0.717) is 22.7 Å². The number of methoxy groups -OCH3 is 4. The fourth-order valence-electron chi connectivity index (χ4n) is 5.27. The van der Waals surface area contributed by atoms with Gasteiger partial charge in [0.05, 0.1) is 37.2 Å². The molecule has 0 bridgehead atoms.